The van der Waals surface area contributed by atoms with Gasteiger partial charge in [-0.2, -0.15) is 0 Å². The van der Waals surface area contributed by atoms with Gasteiger partial charge < -0.3 is 44.7 Å². The maximum absolute atomic E-state index is 11.3. The van der Waals surface area contributed by atoms with E-state index in [9.17, 15) is 20.4 Å². The summed E-state index contributed by atoms with van der Waals surface area (Å²) >= 11 is 0. The Balaban J connectivity index is 1.22. The van der Waals surface area contributed by atoms with Crippen molar-refractivity contribution in [3.8, 4) is 39.9 Å². The third kappa shape index (κ3) is 7.64. The first-order valence-electron chi connectivity index (χ1n) is 22.0. The average Bonchev–Trinajstić information content (AvgIpc) is 3.74. The Morgan fingerprint density at radius 2 is 1.80 bits per heavy atom. The fourth-order valence-corrected chi connectivity index (χ4v) is 10.6. The van der Waals surface area contributed by atoms with Crippen molar-refractivity contribution in [3.05, 3.63) is 98.1 Å². The van der Waals surface area contributed by atoms with Gasteiger partial charge in [0.05, 0.1) is 32.3 Å². The SMILES string of the molecule is CNCC1(OCNC2CCCCC2)Cc2c3c(c4c(c2OC1c1cc(CCCO)c(O)c(OC)c1)CCC(CO)O4)-c1ccc(O)cc1C(Cc1ccc2c(c1)=CCN=2)C3. The minimum Gasteiger partial charge on any atom is -0.508 e. The summed E-state index contributed by atoms with van der Waals surface area (Å²) < 4.78 is 27.3. The number of aryl methyl sites for hydroxylation is 1. The summed E-state index contributed by atoms with van der Waals surface area (Å²) in [5.74, 6) is 2.20. The molecule has 2 aliphatic carbocycles. The van der Waals surface area contributed by atoms with Gasteiger partial charge in [-0.3, -0.25) is 10.3 Å². The van der Waals surface area contributed by atoms with Crippen molar-refractivity contribution in [2.24, 2.45) is 4.99 Å². The second-order valence-electron chi connectivity index (χ2n) is 17.4. The molecule has 60 heavy (non-hydrogen) atoms. The van der Waals surface area contributed by atoms with Crippen LogP contribution in [0.3, 0.4) is 0 Å². The van der Waals surface area contributed by atoms with Gasteiger partial charge in [-0.15, -0.1) is 0 Å². The van der Waals surface area contributed by atoms with Gasteiger partial charge >= 0.3 is 0 Å². The van der Waals surface area contributed by atoms with E-state index in [1.165, 1.54) is 24.8 Å². The van der Waals surface area contributed by atoms with E-state index in [-0.39, 0.29) is 36.7 Å². The standard InChI is InChI=1S/C49H59N3O8/c1-50-27-49(58-28-52-34-8-4-3-5-9-34)25-41-40-22-32(20-29-10-15-42-30(19-29)16-17-51-42)39-24-35(55)11-13-37(39)44(40)47-38(14-12-36(26-54)59-47)46(41)60-48(49)33-21-31(7-6-18-53)45(56)43(23-33)57-2/h10-11,13,15-16,19,21,23-24,32,34,36,48,50,52-56H,3-9,12,14,17-18,20,22,25-28H2,1-2H3. The third-order valence-electron chi connectivity index (χ3n) is 13.6. The fraction of sp³-hybridized carbons (Fsp3) is 0.490. The molecule has 0 spiro atoms. The number of aromatic hydroxyl groups is 2. The molecule has 3 aliphatic heterocycles. The van der Waals surface area contributed by atoms with E-state index in [0.29, 0.717) is 75.7 Å². The highest BCUT2D eigenvalue weighted by Gasteiger charge is 2.50. The molecule has 1 saturated carbocycles. The number of methoxy groups -OCH3 is 1. The van der Waals surface area contributed by atoms with Crippen LogP contribution >= 0.6 is 0 Å². The van der Waals surface area contributed by atoms with Crippen molar-refractivity contribution >= 4 is 6.08 Å². The van der Waals surface area contributed by atoms with Crippen LogP contribution in [0.15, 0.2) is 53.5 Å². The number of ether oxygens (including phenoxy) is 4. The second-order valence-corrected chi connectivity index (χ2v) is 17.4. The van der Waals surface area contributed by atoms with Crippen LogP contribution in [0, 0.1) is 0 Å². The molecule has 4 aromatic rings. The number of aliphatic hydroxyl groups is 2. The van der Waals surface area contributed by atoms with Crippen LogP contribution in [0.2, 0.25) is 0 Å². The molecule has 0 saturated heterocycles. The lowest BCUT2D eigenvalue weighted by Gasteiger charge is -2.47. The van der Waals surface area contributed by atoms with Crippen LogP contribution in [0.5, 0.6) is 28.7 Å². The lowest BCUT2D eigenvalue weighted by molar-refractivity contribution is -0.131. The second kappa shape index (κ2) is 17.4. The number of aliphatic hydroxyl groups excluding tert-OH is 2. The molecule has 9 rings (SSSR count). The molecule has 0 amide bonds. The number of nitrogens with one attached hydrogen (secondary N) is 2. The van der Waals surface area contributed by atoms with Gasteiger partial charge in [0.15, 0.2) is 17.6 Å². The van der Waals surface area contributed by atoms with Gasteiger partial charge in [0.2, 0.25) is 0 Å². The van der Waals surface area contributed by atoms with Crippen LogP contribution in [-0.2, 0) is 36.8 Å². The number of rotatable bonds is 14. The minimum absolute atomic E-state index is 0.00449. The predicted octanol–water partition coefficient (Wildman–Crippen LogP) is 5.21. The van der Waals surface area contributed by atoms with Gasteiger partial charge in [0.1, 0.15) is 29.0 Å². The molecular formula is C49H59N3O8. The van der Waals surface area contributed by atoms with E-state index in [1.54, 1.807) is 13.2 Å². The van der Waals surface area contributed by atoms with E-state index < -0.39 is 11.7 Å². The van der Waals surface area contributed by atoms with E-state index in [2.05, 4.69) is 39.9 Å². The average molecular weight is 818 g/mol. The summed E-state index contributed by atoms with van der Waals surface area (Å²) in [6.07, 6.45) is 11.3. The molecule has 4 unspecified atom stereocenters. The summed E-state index contributed by atoms with van der Waals surface area (Å²) in [6, 6.07) is 16.5. The third-order valence-corrected chi connectivity index (χ3v) is 13.6. The molecule has 0 radical (unpaired) electrons. The molecule has 4 atom stereocenters. The Morgan fingerprint density at radius 1 is 0.933 bits per heavy atom. The van der Waals surface area contributed by atoms with E-state index in [0.717, 1.165) is 80.3 Å². The fourth-order valence-electron chi connectivity index (χ4n) is 10.6. The van der Waals surface area contributed by atoms with Gasteiger partial charge in [0.25, 0.3) is 0 Å². The Bertz CT molecular complexity index is 2360. The lowest BCUT2D eigenvalue weighted by Crippen LogP contribution is -2.55. The normalized spacial score (nSPS) is 22.8. The highest BCUT2D eigenvalue weighted by Crippen LogP contribution is 2.58. The number of hydrogen-bond donors (Lipinski definition) is 6. The van der Waals surface area contributed by atoms with Crippen LogP contribution in [0.1, 0.15) is 95.9 Å². The van der Waals surface area contributed by atoms with Gasteiger partial charge in [-0.1, -0.05) is 37.5 Å². The highest BCUT2D eigenvalue weighted by molar-refractivity contribution is 5.85. The van der Waals surface area contributed by atoms with Crippen LogP contribution in [0.4, 0.5) is 0 Å². The summed E-state index contributed by atoms with van der Waals surface area (Å²) in [5, 5.41) is 51.8. The maximum Gasteiger partial charge on any atom is 0.161 e. The Morgan fingerprint density at radius 3 is 2.60 bits per heavy atom. The topological polar surface area (TPSA) is 154 Å². The number of hydrogen-bond acceptors (Lipinski definition) is 11. The first kappa shape index (κ1) is 40.7. The number of fused-ring (bicyclic) bond motifs is 9. The van der Waals surface area contributed by atoms with E-state index in [1.807, 2.05) is 31.3 Å². The Hall–Kier alpha value is -4.65. The molecule has 318 valence electrons. The van der Waals surface area contributed by atoms with Crippen LogP contribution in [0.25, 0.3) is 17.2 Å². The van der Waals surface area contributed by atoms with Crippen LogP contribution in [-0.4, -0.2) is 85.4 Å². The van der Waals surface area contributed by atoms with Crippen molar-refractivity contribution in [2.45, 2.75) is 107 Å². The molecule has 11 nitrogen and oxygen atoms in total. The van der Waals surface area contributed by atoms with E-state index in [4.69, 9.17) is 18.9 Å². The van der Waals surface area contributed by atoms with Gasteiger partial charge in [-0.25, -0.2) is 0 Å². The van der Waals surface area contributed by atoms with Gasteiger partial charge in [-0.05, 0) is 139 Å². The summed E-state index contributed by atoms with van der Waals surface area (Å²) in [5.41, 5.74) is 8.10. The number of phenols is 2. The molecule has 5 aliphatic rings. The number of benzene rings is 4. The maximum atomic E-state index is 11.3. The molecule has 0 bridgehead atoms. The largest absolute Gasteiger partial charge is 0.508 e. The number of phenolic OH excluding ortho intramolecular Hbond substituents is 2. The zero-order chi connectivity index (χ0) is 41.4. The van der Waals surface area contributed by atoms with E-state index >= 15 is 0 Å². The monoisotopic (exact) mass is 817 g/mol. The molecule has 4 aromatic carbocycles. The number of nitrogens with zero attached hydrogens (tertiary/aromatic N) is 1. The zero-order valence-corrected chi connectivity index (χ0v) is 34.9. The quantitative estimate of drug-likeness (QED) is 0.0936. The van der Waals surface area contributed by atoms with Crippen molar-refractivity contribution in [2.75, 3.05) is 47.2 Å². The number of likely N-dealkylation sites (N-methyl/N-ethyl adjacent to an activating group) is 1. The van der Waals surface area contributed by atoms with Crippen molar-refractivity contribution in [1.29, 1.82) is 0 Å². The Kier molecular flexibility index (Phi) is 11.8. The molecule has 0 aromatic heterocycles. The molecule has 1 fully saturated rings. The molecular weight excluding hydrogens is 759 g/mol. The lowest BCUT2D eigenvalue weighted by atomic mass is 9.70. The van der Waals surface area contributed by atoms with Gasteiger partial charge in [0, 0.05) is 42.3 Å². The van der Waals surface area contributed by atoms with Crippen molar-refractivity contribution in [3.63, 3.8) is 0 Å². The zero-order valence-electron chi connectivity index (χ0n) is 34.9. The Labute approximate surface area is 352 Å². The highest BCUT2D eigenvalue weighted by atomic mass is 16.6. The smallest absolute Gasteiger partial charge is 0.161 e. The molecule has 3 heterocycles. The summed E-state index contributed by atoms with van der Waals surface area (Å²) in [6.45, 7) is 1.41. The molecule has 6 N–H and O–H groups in total. The van der Waals surface area contributed by atoms with Crippen molar-refractivity contribution in [1.82, 2.24) is 10.6 Å². The first-order valence-corrected chi connectivity index (χ1v) is 22.0. The van der Waals surface area contributed by atoms with Crippen molar-refractivity contribution < 1.29 is 39.4 Å². The summed E-state index contributed by atoms with van der Waals surface area (Å²) in [4.78, 5) is 4.62. The predicted molar refractivity (Wildman–Crippen MR) is 230 cm³/mol. The minimum atomic E-state index is -0.908. The first-order chi connectivity index (χ1) is 29.3. The van der Waals surface area contributed by atoms with Crippen LogP contribution < -0.4 is 35.4 Å². The molecule has 11 heteroatoms. The summed E-state index contributed by atoms with van der Waals surface area (Å²) in [7, 11) is 3.50.